The van der Waals surface area contributed by atoms with Crippen LogP contribution in [0.3, 0.4) is 0 Å². The first kappa shape index (κ1) is 3.40. The van der Waals surface area contributed by atoms with Gasteiger partial charge in [0.25, 0.3) is 0 Å². The van der Waals surface area contributed by atoms with E-state index in [0.29, 0.717) is 0 Å². The molecule has 1 N–H and O–H groups in total. The zero-order valence-corrected chi connectivity index (χ0v) is 3.50. The van der Waals surface area contributed by atoms with Crippen molar-refractivity contribution in [3.05, 3.63) is 0 Å². The maximum absolute atomic E-state index is 5.07. The Morgan fingerprint density at radius 3 is 2.20 bits per heavy atom. The van der Waals surface area contributed by atoms with Crippen molar-refractivity contribution in [2.45, 2.75) is 0 Å². The number of halogens is 1. The Morgan fingerprint density at radius 2 is 2.20 bits per heavy atom. The molecule has 1 fully saturated rings. The largest absolute Gasteiger partial charge is 0.228 e. The molecule has 0 aromatic rings. The summed E-state index contributed by atoms with van der Waals surface area (Å²) < 4.78 is 0. The van der Waals surface area contributed by atoms with Crippen LogP contribution in [0.4, 0.5) is 0 Å². The lowest BCUT2D eigenvalue weighted by Crippen LogP contribution is -2.05. The average Bonchev–Trinajstić information content (AvgIpc) is 2.12. The first-order chi connectivity index (χ1) is 2.43. The summed E-state index contributed by atoms with van der Waals surface area (Å²) in [5.74, 6) is 0. The van der Waals surface area contributed by atoms with E-state index in [0.717, 1.165) is 13.1 Å². The van der Waals surface area contributed by atoms with Gasteiger partial charge in [0.2, 0.25) is 0 Å². The third-order valence-electron chi connectivity index (χ3n) is 0.567. The normalized spacial score (nSPS) is 23.4. The molecule has 0 unspecified atom stereocenters. The molecule has 0 aromatic carbocycles. The van der Waals surface area contributed by atoms with E-state index in [1.807, 2.05) is 5.01 Å². The first-order valence-corrected chi connectivity index (χ1v) is 1.92. The zero-order valence-electron chi connectivity index (χ0n) is 2.74. The molecule has 1 aliphatic rings. The van der Waals surface area contributed by atoms with Crippen LogP contribution in [0.2, 0.25) is 0 Å². The molecule has 1 saturated heterocycles. The number of nitrogens with one attached hydrogen (secondary N) is 1. The molecular weight excluding hydrogens is 87.5 g/mol. The fourth-order valence-corrected chi connectivity index (χ4v) is 0.304. The van der Waals surface area contributed by atoms with Crippen LogP contribution in [0.15, 0.2) is 0 Å². The van der Waals surface area contributed by atoms with E-state index in [4.69, 9.17) is 11.8 Å². The SMILES string of the molecule is ClNN1CC1. The molecule has 0 aromatic heterocycles. The molecule has 0 aliphatic carbocycles. The van der Waals surface area contributed by atoms with Crippen LogP contribution in [0, 0.1) is 0 Å². The molecule has 1 aliphatic heterocycles. The molecule has 0 radical (unpaired) electrons. The van der Waals surface area contributed by atoms with Gasteiger partial charge in [-0.15, -0.1) is 0 Å². The Kier molecular flexibility index (Phi) is 0.765. The van der Waals surface area contributed by atoms with Crippen molar-refractivity contribution in [2.24, 2.45) is 0 Å². The molecule has 0 amide bonds. The van der Waals surface area contributed by atoms with E-state index in [2.05, 4.69) is 4.94 Å². The highest BCUT2D eigenvalue weighted by Crippen LogP contribution is 1.95. The second-order valence-corrected chi connectivity index (χ2v) is 1.24. The third kappa shape index (κ3) is 0.758. The van der Waals surface area contributed by atoms with Crippen LogP contribution in [-0.2, 0) is 0 Å². The van der Waals surface area contributed by atoms with Crippen molar-refractivity contribution < 1.29 is 0 Å². The van der Waals surface area contributed by atoms with Gasteiger partial charge in [0.05, 0.1) is 0 Å². The first-order valence-electron chi connectivity index (χ1n) is 1.55. The van der Waals surface area contributed by atoms with Crippen LogP contribution < -0.4 is 4.94 Å². The average molecular weight is 92.5 g/mol. The number of hydrogen-bond acceptors (Lipinski definition) is 2. The quantitative estimate of drug-likeness (QED) is 0.361. The fourth-order valence-electron chi connectivity index (χ4n) is 0.135. The van der Waals surface area contributed by atoms with Gasteiger partial charge in [-0.05, 0) is 11.8 Å². The molecule has 0 atom stereocenters. The molecule has 0 spiro atoms. The lowest BCUT2D eigenvalue weighted by atomic mass is 11.0. The minimum atomic E-state index is 1.10. The minimum absolute atomic E-state index is 1.10. The summed E-state index contributed by atoms with van der Waals surface area (Å²) in [4.78, 5) is 2.44. The highest BCUT2D eigenvalue weighted by molar-refractivity contribution is 6.13. The van der Waals surface area contributed by atoms with E-state index < -0.39 is 0 Å². The van der Waals surface area contributed by atoms with Gasteiger partial charge in [-0.3, -0.25) is 0 Å². The lowest BCUT2D eigenvalue weighted by Gasteiger charge is -1.83. The van der Waals surface area contributed by atoms with Crippen molar-refractivity contribution in [1.82, 2.24) is 9.95 Å². The van der Waals surface area contributed by atoms with Crippen LogP contribution in [0.25, 0.3) is 0 Å². The van der Waals surface area contributed by atoms with Crippen molar-refractivity contribution in [3.63, 3.8) is 0 Å². The predicted octanol–water partition coefficient (Wildman–Crippen LogP) is -0.0396. The van der Waals surface area contributed by atoms with E-state index in [-0.39, 0.29) is 0 Å². The van der Waals surface area contributed by atoms with Gasteiger partial charge in [0, 0.05) is 13.1 Å². The Hall–Kier alpha value is 0.210. The van der Waals surface area contributed by atoms with E-state index in [9.17, 15) is 0 Å². The van der Waals surface area contributed by atoms with Crippen LogP contribution >= 0.6 is 11.8 Å². The predicted molar refractivity (Wildman–Crippen MR) is 20.6 cm³/mol. The van der Waals surface area contributed by atoms with Gasteiger partial charge < -0.3 is 0 Å². The summed E-state index contributed by atoms with van der Waals surface area (Å²) in [6.07, 6.45) is 0. The molecule has 0 saturated carbocycles. The zero-order chi connectivity index (χ0) is 3.70. The fraction of sp³-hybridized carbons (Fsp3) is 1.00. The maximum atomic E-state index is 5.07. The van der Waals surface area contributed by atoms with Crippen molar-refractivity contribution >= 4 is 11.8 Å². The molecular formula is C2H5ClN2. The summed E-state index contributed by atoms with van der Waals surface area (Å²) in [7, 11) is 0. The van der Waals surface area contributed by atoms with Gasteiger partial charge in [-0.1, -0.05) is 0 Å². The van der Waals surface area contributed by atoms with Crippen molar-refractivity contribution in [3.8, 4) is 0 Å². The van der Waals surface area contributed by atoms with E-state index in [1.54, 1.807) is 0 Å². The summed E-state index contributed by atoms with van der Waals surface area (Å²) in [5, 5.41) is 1.89. The smallest absolute Gasteiger partial charge is 0.0286 e. The van der Waals surface area contributed by atoms with Gasteiger partial charge in [-0.2, -0.15) is 4.94 Å². The summed E-state index contributed by atoms with van der Waals surface area (Å²) in [6, 6.07) is 0. The van der Waals surface area contributed by atoms with Crippen LogP contribution in [0.5, 0.6) is 0 Å². The van der Waals surface area contributed by atoms with Gasteiger partial charge in [0.15, 0.2) is 0 Å². The lowest BCUT2D eigenvalue weighted by molar-refractivity contribution is 0.531. The van der Waals surface area contributed by atoms with Gasteiger partial charge in [0.1, 0.15) is 0 Å². The summed E-state index contributed by atoms with van der Waals surface area (Å²) >= 11 is 5.07. The molecule has 0 bridgehead atoms. The van der Waals surface area contributed by atoms with Gasteiger partial charge >= 0.3 is 0 Å². The second-order valence-electron chi connectivity index (χ2n) is 1.07. The molecule has 5 heavy (non-hydrogen) atoms. The highest BCUT2D eigenvalue weighted by Gasteiger charge is 2.13. The monoisotopic (exact) mass is 92.0 g/mol. The molecule has 1 rings (SSSR count). The second kappa shape index (κ2) is 1.12. The molecule has 30 valence electrons. The maximum Gasteiger partial charge on any atom is 0.0286 e. The Bertz CT molecular complexity index is 34.6. The Labute approximate surface area is 35.8 Å². The minimum Gasteiger partial charge on any atom is -0.228 e. The standard InChI is InChI=1S/C2H5ClN2/c3-4-5-1-2-5/h4H,1-2H2. The Morgan fingerprint density at radius 1 is 1.60 bits per heavy atom. The number of hydrazine groups is 1. The topological polar surface area (TPSA) is 15.0 Å². The van der Waals surface area contributed by atoms with E-state index in [1.165, 1.54) is 0 Å². The van der Waals surface area contributed by atoms with E-state index >= 15 is 0 Å². The number of nitrogens with zero attached hydrogens (tertiary/aromatic N) is 1. The third-order valence-corrected chi connectivity index (χ3v) is 0.806. The summed E-state index contributed by atoms with van der Waals surface area (Å²) in [5.41, 5.74) is 0. The van der Waals surface area contributed by atoms with Gasteiger partial charge in [-0.25, -0.2) is 5.01 Å². The van der Waals surface area contributed by atoms with Crippen molar-refractivity contribution in [2.75, 3.05) is 13.1 Å². The van der Waals surface area contributed by atoms with Crippen molar-refractivity contribution in [1.29, 1.82) is 0 Å². The molecule has 2 nitrogen and oxygen atoms in total. The van der Waals surface area contributed by atoms with Crippen LogP contribution in [-0.4, -0.2) is 18.1 Å². The number of rotatable bonds is 1. The molecule has 1 heterocycles. The Balaban J connectivity index is 2.00. The number of hydrogen-bond donors (Lipinski definition) is 1. The highest BCUT2D eigenvalue weighted by atomic mass is 35.5. The van der Waals surface area contributed by atoms with Crippen LogP contribution in [0.1, 0.15) is 0 Å². The summed E-state index contributed by atoms with van der Waals surface area (Å²) in [6.45, 7) is 2.20. The molecule has 3 heteroatoms.